The first-order chi connectivity index (χ1) is 8.74. The maximum Gasteiger partial charge on any atom is 0.153 e. The monoisotopic (exact) mass is 256 g/mol. The number of hydrogen-bond donors (Lipinski definition) is 1. The molecule has 90 valence electrons. The van der Waals surface area contributed by atoms with Crippen LogP contribution in [-0.2, 0) is 0 Å². The van der Waals surface area contributed by atoms with E-state index in [4.69, 9.17) is 5.73 Å². The molecule has 0 aliphatic rings. The molecule has 0 aliphatic carbocycles. The van der Waals surface area contributed by atoms with Crippen LogP contribution in [0.5, 0.6) is 0 Å². The van der Waals surface area contributed by atoms with E-state index in [1.54, 1.807) is 28.4 Å². The van der Waals surface area contributed by atoms with Crippen LogP contribution >= 0.6 is 11.3 Å². The molecule has 5 heteroatoms. The van der Waals surface area contributed by atoms with Crippen LogP contribution in [-0.4, -0.2) is 14.8 Å². The van der Waals surface area contributed by atoms with E-state index in [9.17, 15) is 0 Å². The van der Waals surface area contributed by atoms with Crippen molar-refractivity contribution in [3.05, 3.63) is 47.6 Å². The Kier molecular flexibility index (Phi) is 2.60. The van der Waals surface area contributed by atoms with Gasteiger partial charge in [0.05, 0.1) is 16.8 Å². The van der Waals surface area contributed by atoms with Gasteiger partial charge in [0, 0.05) is 6.20 Å². The molecule has 2 N–H and O–H groups in total. The van der Waals surface area contributed by atoms with Gasteiger partial charge in [-0.2, -0.15) is 5.10 Å². The Morgan fingerprint density at radius 1 is 1.33 bits per heavy atom. The van der Waals surface area contributed by atoms with Crippen LogP contribution in [0.3, 0.4) is 0 Å². The fraction of sp³-hybridized carbons (Fsp3) is 0.0769. The number of anilines is 1. The molecule has 3 aromatic rings. The normalized spacial score (nSPS) is 10.7. The lowest BCUT2D eigenvalue weighted by molar-refractivity contribution is 0.849. The Hall–Kier alpha value is -2.14. The Balaban J connectivity index is 2.08. The highest BCUT2D eigenvalue weighted by molar-refractivity contribution is 7.13. The number of aromatic nitrogens is 3. The second kappa shape index (κ2) is 4.27. The predicted molar refractivity (Wildman–Crippen MR) is 73.8 cm³/mol. The van der Waals surface area contributed by atoms with E-state index in [2.05, 4.69) is 10.1 Å². The van der Waals surface area contributed by atoms with E-state index in [0.717, 1.165) is 22.0 Å². The molecule has 3 heterocycles. The molecule has 0 saturated heterocycles. The molecule has 0 radical (unpaired) electrons. The largest absolute Gasteiger partial charge is 0.396 e. The number of pyridine rings is 1. The summed E-state index contributed by atoms with van der Waals surface area (Å²) in [5, 5.41) is 6.52. The molecular formula is C13H12N4S. The highest BCUT2D eigenvalue weighted by Gasteiger charge is 2.10. The number of nitrogens with zero attached hydrogens (tertiary/aromatic N) is 3. The zero-order valence-corrected chi connectivity index (χ0v) is 10.7. The lowest BCUT2D eigenvalue weighted by Gasteiger charge is -2.00. The van der Waals surface area contributed by atoms with Gasteiger partial charge in [-0.05, 0) is 36.1 Å². The number of rotatable bonds is 2. The van der Waals surface area contributed by atoms with Gasteiger partial charge in [-0.3, -0.25) is 0 Å². The summed E-state index contributed by atoms with van der Waals surface area (Å²) in [6.07, 6.45) is 3.57. The second-order valence-electron chi connectivity index (χ2n) is 4.05. The highest BCUT2D eigenvalue weighted by Crippen LogP contribution is 2.28. The minimum absolute atomic E-state index is 0.667. The van der Waals surface area contributed by atoms with Gasteiger partial charge in [0.15, 0.2) is 5.82 Å². The first-order valence-corrected chi connectivity index (χ1v) is 6.44. The molecule has 0 saturated carbocycles. The van der Waals surface area contributed by atoms with Crippen molar-refractivity contribution in [1.29, 1.82) is 0 Å². The summed E-state index contributed by atoms with van der Waals surface area (Å²) >= 11 is 1.63. The lowest BCUT2D eigenvalue weighted by Crippen LogP contribution is -1.98. The summed E-state index contributed by atoms with van der Waals surface area (Å²) in [5.41, 5.74) is 8.63. The summed E-state index contributed by atoms with van der Waals surface area (Å²) in [7, 11) is 0. The first-order valence-electron chi connectivity index (χ1n) is 5.56. The third-order valence-corrected chi connectivity index (χ3v) is 3.51. The number of thiophene rings is 1. The molecule has 0 fully saturated rings. The van der Waals surface area contributed by atoms with Crippen LogP contribution in [0.2, 0.25) is 0 Å². The Labute approximate surface area is 109 Å². The van der Waals surface area contributed by atoms with Crippen LogP contribution in [0.25, 0.3) is 16.4 Å². The maximum absolute atomic E-state index is 6.00. The summed E-state index contributed by atoms with van der Waals surface area (Å²) in [6, 6.07) is 7.93. The Bertz CT molecular complexity index is 670. The van der Waals surface area contributed by atoms with Gasteiger partial charge < -0.3 is 5.73 Å². The van der Waals surface area contributed by atoms with Gasteiger partial charge in [-0.25, -0.2) is 9.67 Å². The average Bonchev–Trinajstić information content (AvgIpc) is 2.97. The molecule has 3 rings (SSSR count). The van der Waals surface area contributed by atoms with E-state index >= 15 is 0 Å². The quantitative estimate of drug-likeness (QED) is 0.767. The van der Waals surface area contributed by atoms with E-state index in [-0.39, 0.29) is 0 Å². The van der Waals surface area contributed by atoms with Gasteiger partial charge in [0.2, 0.25) is 0 Å². The van der Waals surface area contributed by atoms with Crippen molar-refractivity contribution in [2.75, 3.05) is 5.73 Å². The van der Waals surface area contributed by atoms with Gasteiger partial charge in [-0.1, -0.05) is 6.07 Å². The van der Waals surface area contributed by atoms with Crippen molar-refractivity contribution in [2.24, 2.45) is 0 Å². The molecule has 0 atom stereocenters. The zero-order valence-electron chi connectivity index (χ0n) is 9.87. The number of nitrogen functional groups attached to an aromatic ring is 1. The summed E-state index contributed by atoms with van der Waals surface area (Å²) in [6.45, 7) is 2.03. The summed E-state index contributed by atoms with van der Waals surface area (Å²) in [5.74, 6) is 0.782. The minimum Gasteiger partial charge on any atom is -0.396 e. The van der Waals surface area contributed by atoms with Gasteiger partial charge in [-0.15, -0.1) is 11.3 Å². The van der Waals surface area contributed by atoms with Gasteiger partial charge in [0.1, 0.15) is 5.69 Å². The molecule has 0 amide bonds. The topological polar surface area (TPSA) is 56.7 Å². The maximum atomic E-state index is 6.00. The van der Waals surface area contributed by atoms with Crippen molar-refractivity contribution < 1.29 is 0 Å². The molecule has 0 bridgehead atoms. The van der Waals surface area contributed by atoms with Crippen molar-refractivity contribution in [3.8, 4) is 16.4 Å². The van der Waals surface area contributed by atoms with Gasteiger partial charge >= 0.3 is 0 Å². The molecule has 3 aromatic heterocycles. The predicted octanol–water partition coefficient (Wildman–Crippen LogP) is 2.89. The van der Waals surface area contributed by atoms with Crippen molar-refractivity contribution in [1.82, 2.24) is 14.8 Å². The third kappa shape index (κ3) is 1.89. The number of hydrogen-bond acceptors (Lipinski definition) is 4. The molecule has 4 nitrogen and oxygen atoms in total. The molecule has 0 aromatic carbocycles. The average molecular weight is 256 g/mol. The Morgan fingerprint density at radius 2 is 2.22 bits per heavy atom. The van der Waals surface area contributed by atoms with Crippen LogP contribution in [0.15, 0.2) is 42.0 Å². The van der Waals surface area contributed by atoms with E-state index in [1.165, 1.54) is 0 Å². The number of nitrogens with two attached hydrogens (primary N) is 1. The van der Waals surface area contributed by atoms with E-state index in [1.807, 2.05) is 36.6 Å². The third-order valence-electron chi connectivity index (χ3n) is 2.63. The summed E-state index contributed by atoms with van der Waals surface area (Å²) in [4.78, 5) is 5.36. The second-order valence-corrected chi connectivity index (χ2v) is 4.99. The Morgan fingerprint density at radius 3 is 2.94 bits per heavy atom. The van der Waals surface area contributed by atoms with Crippen LogP contribution in [0, 0.1) is 6.92 Å². The fourth-order valence-corrected chi connectivity index (χ4v) is 2.49. The SMILES string of the molecule is Cc1ccnc(-n2cc(N)c(-c3cccs3)n2)c1. The zero-order chi connectivity index (χ0) is 12.5. The van der Waals surface area contributed by atoms with Crippen LogP contribution in [0.1, 0.15) is 5.56 Å². The standard InChI is InChI=1S/C13H12N4S/c1-9-4-5-15-12(7-9)17-8-10(14)13(16-17)11-3-2-6-18-11/h2-8H,14H2,1H3. The van der Waals surface area contributed by atoms with E-state index in [0.29, 0.717) is 5.69 Å². The van der Waals surface area contributed by atoms with E-state index < -0.39 is 0 Å². The molecule has 0 unspecified atom stereocenters. The van der Waals surface area contributed by atoms with Crippen LogP contribution < -0.4 is 5.73 Å². The van der Waals surface area contributed by atoms with Crippen molar-refractivity contribution in [3.63, 3.8) is 0 Å². The smallest absolute Gasteiger partial charge is 0.153 e. The minimum atomic E-state index is 0.667. The summed E-state index contributed by atoms with van der Waals surface area (Å²) < 4.78 is 1.72. The number of aryl methyl sites for hydroxylation is 1. The first kappa shape index (κ1) is 11.0. The lowest BCUT2D eigenvalue weighted by atomic mass is 10.3. The molecule has 0 spiro atoms. The molecule has 0 aliphatic heterocycles. The van der Waals surface area contributed by atoms with Crippen molar-refractivity contribution >= 4 is 17.0 Å². The highest BCUT2D eigenvalue weighted by atomic mass is 32.1. The fourth-order valence-electron chi connectivity index (χ4n) is 1.75. The molecular weight excluding hydrogens is 244 g/mol. The van der Waals surface area contributed by atoms with Gasteiger partial charge in [0.25, 0.3) is 0 Å². The molecule has 18 heavy (non-hydrogen) atoms. The van der Waals surface area contributed by atoms with Crippen molar-refractivity contribution in [2.45, 2.75) is 6.92 Å². The van der Waals surface area contributed by atoms with Crippen LogP contribution in [0.4, 0.5) is 5.69 Å².